The Morgan fingerprint density at radius 3 is 2.81 bits per heavy atom. The van der Waals surface area contributed by atoms with Crippen LogP contribution in [0.15, 0.2) is 29.2 Å². The Morgan fingerprint density at radius 2 is 2.05 bits per heavy atom. The summed E-state index contributed by atoms with van der Waals surface area (Å²) in [7, 11) is 0. The van der Waals surface area contributed by atoms with E-state index < -0.39 is 0 Å². The Morgan fingerprint density at radius 1 is 1.29 bits per heavy atom. The van der Waals surface area contributed by atoms with Crippen molar-refractivity contribution in [1.82, 2.24) is 5.32 Å². The van der Waals surface area contributed by atoms with Gasteiger partial charge in [-0.3, -0.25) is 4.79 Å². The molecule has 3 rings (SSSR count). The molecule has 3 nitrogen and oxygen atoms in total. The van der Waals surface area contributed by atoms with E-state index in [1.165, 1.54) is 16.9 Å². The number of benzene rings is 1. The zero-order valence-corrected chi connectivity index (χ0v) is 13.3. The number of nitrogens with two attached hydrogens (primary N) is 1. The number of nitrogens with one attached hydrogen (secondary N) is 1. The number of hydrogen-bond acceptors (Lipinski definition) is 3. The monoisotopic (exact) mass is 304 g/mol. The number of thioether (sulfide) groups is 1. The van der Waals surface area contributed by atoms with Gasteiger partial charge in [0.15, 0.2) is 0 Å². The number of amides is 1. The van der Waals surface area contributed by atoms with Crippen LogP contribution in [0.5, 0.6) is 0 Å². The normalized spacial score (nSPS) is 24.1. The van der Waals surface area contributed by atoms with Crippen LogP contribution in [-0.2, 0) is 4.79 Å². The maximum absolute atomic E-state index is 12.8. The Labute approximate surface area is 131 Å². The molecule has 1 aromatic rings. The van der Waals surface area contributed by atoms with Crippen molar-refractivity contribution < 1.29 is 4.79 Å². The van der Waals surface area contributed by atoms with Crippen molar-refractivity contribution >= 4 is 17.7 Å². The summed E-state index contributed by atoms with van der Waals surface area (Å²) in [5, 5.41) is 3.30. The molecular formula is C17H24N2OS. The molecule has 1 unspecified atom stereocenters. The minimum atomic E-state index is -0.322. The molecule has 21 heavy (non-hydrogen) atoms. The van der Waals surface area contributed by atoms with Crippen LogP contribution in [0.2, 0.25) is 0 Å². The van der Waals surface area contributed by atoms with E-state index in [1.54, 1.807) is 0 Å². The van der Waals surface area contributed by atoms with Crippen molar-refractivity contribution in [2.75, 3.05) is 12.3 Å². The largest absolute Gasteiger partial charge is 0.349 e. The third kappa shape index (κ3) is 2.97. The molecule has 114 valence electrons. The van der Waals surface area contributed by atoms with Crippen molar-refractivity contribution in [1.29, 1.82) is 0 Å². The predicted molar refractivity (Wildman–Crippen MR) is 87.2 cm³/mol. The number of fused-ring (bicyclic) bond motifs is 1. The van der Waals surface area contributed by atoms with Gasteiger partial charge in [0, 0.05) is 17.2 Å². The molecule has 0 saturated heterocycles. The molecule has 1 atom stereocenters. The lowest BCUT2D eigenvalue weighted by Crippen LogP contribution is -2.48. The van der Waals surface area contributed by atoms with Crippen LogP contribution in [0.3, 0.4) is 0 Å². The highest BCUT2D eigenvalue weighted by Gasteiger charge is 2.39. The van der Waals surface area contributed by atoms with Gasteiger partial charge in [-0.25, -0.2) is 0 Å². The smallest absolute Gasteiger partial charge is 0.227 e. The molecule has 1 heterocycles. The van der Waals surface area contributed by atoms with Gasteiger partial charge in [-0.05, 0) is 30.9 Å². The summed E-state index contributed by atoms with van der Waals surface area (Å²) in [5.74, 6) is 1.24. The maximum Gasteiger partial charge on any atom is 0.227 e. The van der Waals surface area contributed by atoms with Crippen molar-refractivity contribution in [3.63, 3.8) is 0 Å². The fraction of sp³-hybridized carbons (Fsp3) is 0.588. The van der Waals surface area contributed by atoms with Gasteiger partial charge >= 0.3 is 0 Å². The van der Waals surface area contributed by atoms with Gasteiger partial charge in [0.2, 0.25) is 5.91 Å². The lowest BCUT2D eigenvalue weighted by atomic mass is 9.73. The van der Waals surface area contributed by atoms with Gasteiger partial charge in [0.1, 0.15) is 0 Å². The average Bonchev–Trinajstić information content (AvgIpc) is 2.56. The zero-order valence-electron chi connectivity index (χ0n) is 12.4. The summed E-state index contributed by atoms with van der Waals surface area (Å²) < 4.78 is 0. The van der Waals surface area contributed by atoms with Gasteiger partial charge in [0.25, 0.3) is 0 Å². The predicted octanol–water partition coefficient (Wildman–Crippen LogP) is 3.25. The van der Waals surface area contributed by atoms with Gasteiger partial charge in [0.05, 0.1) is 11.5 Å². The van der Waals surface area contributed by atoms with Crippen LogP contribution in [0.1, 0.15) is 50.1 Å². The minimum absolute atomic E-state index is 0.153. The summed E-state index contributed by atoms with van der Waals surface area (Å²) in [6.45, 7) is 0.474. The number of carbonyl (C=O) groups excluding carboxylic acids is 1. The van der Waals surface area contributed by atoms with Crippen LogP contribution in [-0.4, -0.2) is 18.2 Å². The second-order valence-corrected chi connectivity index (χ2v) is 7.38. The standard InChI is InChI=1S/C17H24N2OS/c18-12-17(9-4-1-5-10-17)16(20)19-14-8-11-21-15-7-3-2-6-13(14)15/h2-3,6-7,14H,1,4-5,8-12,18H2,(H,19,20). The lowest BCUT2D eigenvalue weighted by molar-refractivity contribution is -0.133. The first-order valence-electron chi connectivity index (χ1n) is 7.98. The van der Waals surface area contributed by atoms with Crippen LogP contribution in [0, 0.1) is 5.41 Å². The van der Waals surface area contributed by atoms with Crippen molar-refractivity contribution in [2.24, 2.45) is 11.1 Å². The van der Waals surface area contributed by atoms with Crippen LogP contribution < -0.4 is 11.1 Å². The van der Waals surface area contributed by atoms with E-state index >= 15 is 0 Å². The average molecular weight is 304 g/mol. The van der Waals surface area contributed by atoms with E-state index in [0.29, 0.717) is 6.54 Å². The van der Waals surface area contributed by atoms with Crippen molar-refractivity contribution in [3.8, 4) is 0 Å². The molecule has 0 radical (unpaired) electrons. The molecule has 0 spiro atoms. The Balaban J connectivity index is 1.76. The van der Waals surface area contributed by atoms with Gasteiger partial charge in [-0.1, -0.05) is 37.5 Å². The summed E-state index contributed by atoms with van der Waals surface area (Å²) in [6, 6.07) is 8.57. The third-order valence-corrected chi connectivity index (χ3v) is 6.07. The quantitative estimate of drug-likeness (QED) is 0.901. The molecule has 0 aromatic heterocycles. The second kappa shape index (κ2) is 6.41. The minimum Gasteiger partial charge on any atom is -0.349 e. The first-order valence-corrected chi connectivity index (χ1v) is 8.96. The highest BCUT2D eigenvalue weighted by atomic mass is 32.2. The van der Waals surface area contributed by atoms with Crippen LogP contribution in [0.4, 0.5) is 0 Å². The lowest BCUT2D eigenvalue weighted by Gasteiger charge is -2.37. The summed E-state index contributed by atoms with van der Waals surface area (Å²) in [6.07, 6.45) is 6.38. The van der Waals surface area contributed by atoms with Gasteiger partial charge in [-0.15, -0.1) is 11.8 Å². The maximum atomic E-state index is 12.8. The molecule has 1 aliphatic heterocycles. The molecule has 1 aromatic carbocycles. The van der Waals surface area contributed by atoms with Gasteiger partial charge in [-0.2, -0.15) is 0 Å². The fourth-order valence-electron chi connectivity index (χ4n) is 3.56. The topological polar surface area (TPSA) is 55.1 Å². The molecule has 1 saturated carbocycles. The highest BCUT2D eigenvalue weighted by Crippen LogP contribution is 2.39. The van der Waals surface area contributed by atoms with E-state index in [2.05, 4.69) is 29.6 Å². The molecule has 1 amide bonds. The Hall–Kier alpha value is -1.00. The number of carbonyl (C=O) groups is 1. The van der Waals surface area contributed by atoms with E-state index in [9.17, 15) is 4.79 Å². The van der Waals surface area contributed by atoms with E-state index in [1.807, 2.05) is 11.8 Å². The first kappa shape index (κ1) is 14.9. The summed E-state index contributed by atoms with van der Waals surface area (Å²) >= 11 is 1.88. The molecule has 0 bridgehead atoms. The molecule has 2 aliphatic rings. The number of rotatable bonds is 3. The molecule has 3 N–H and O–H groups in total. The molecular weight excluding hydrogens is 280 g/mol. The second-order valence-electron chi connectivity index (χ2n) is 6.25. The first-order chi connectivity index (χ1) is 10.2. The summed E-state index contributed by atoms with van der Waals surface area (Å²) in [4.78, 5) is 14.1. The van der Waals surface area contributed by atoms with Crippen molar-refractivity contribution in [3.05, 3.63) is 29.8 Å². The Kier molecular flexibility index (Phi) is 4.55. The van der Waals surface area contributed by atoms with E-state index in [-0.39, 0.29) is 17.4 Å². The van der Waals surface area contributed by atoms with E-state index in [0.717, 1.165) is 37.9 Å². The van der Waals surface area contributed by atoms with E-state index in [4.69, 9.17) is 5.73 Å². The SMILES string of the molecule is NCC1(C(=O)NC2CCSc3ccccc32)CCCCC1. The van der Waals surface area contributed by atoms with Gasteiger partial charge < -0.3 is 11.1 Å². The molecule has 1 fully saturated rings. The zero-order chi connectivity index (χ0) is 14.7. The summed E-state index contributed by atoms with van der Waals surface area (Å²) in [5.41, 5.74) is 6.92. The molecule has 1 aliphatic carbocycles. The van der Waals surface area contributed by atoms with Crippen LogP contribution >= 0.6 is 11.8 Å². The highest BCUT2D eigenvalue weighted by molar-refractivity contribution is 7.99. The Bertz CT molecular complexity index is 511. The molecule has 4 heteroatoms. The number of hydrogen-bond donors (Lipinski definition) is 2. The fourth-order valence-corrected chi connectivity index (χ4v) is 4.68. The third-order valence-electron chi connectivity index (χ3n) is 4.95. The van der Waals surface area contributed by atoms with Crippen LogP contribution in [0.25, 0.3) is 0 Å². The van der Waals surface area contributed by atoms with Crippen molar-refractivity contribution in [2.45, 2.75) is 49.5 Å².